The van der Waals surface area contributed by atoms with E-state index in [-0.39, 0.29) is 11.4 Å². The number of ether oxygens (including phenoxy) is 1. The predicted molar refractivity (Wildman–Crippen MR) is 74.1 cm³/mol. The van der Waals surface area contributed by atoms with Crippen LogP contribution in [0.25, 0.3) is 0 Å². The Morgan fingerprint density at radius 1 is 1.56 bits per heavy atom. The van der Waals surface area contributed by atoms with Crippen molar-refractivity contribution in [1.29, 1.82) is 0 Å². The van der Waals surface area contributed by atoms with Crippen molar-refractivity contribution in [3.8, 4) is 5.75 Å². The number of rotatable bonds is 3. The van der Waals surface area contributed by atoms with Crippen LogP contribution in [0.5, 0.6) is 5.75 Å². The highest BCUT2D eigenvalue weighted by atomic mass is 79.9. The number of benzene rings is 1. The van der Waals surface area contributed by atoms with Gasteiger partial charge in [-0.1, -0.05) is 0 Å². The second-order valence-electron chi connectivity index (χ2n) is 4.79. The fourth-order valence-electron chi connectivity index (χ4n) is 2.08. The highest BCUT2D eigenvalue weighted by Gasteiger charge is 2.30. The topological polar surface area (TPSA) is 50.4 Å². The summed E-state index contributed by atoms with van der Waals surface area (Å²) in [6.45, 7) is 3.82. The van der Waals surface area contributed by atoms with E-state index in [9.17, 15) is 4.79 Å². The Hall–Kier alpha value is -1.07. The number of halogens is 1. The van der Waals surface area contributed by atoms with Crippen LogP contribution < -0.4 is 15.4 Å². The maximum absolute atomic E-state index is 12.2. The van der Waals surface area contributed by atoms with Gasteiger partial charge in [0.1, 0.15) is 5.75 Å². The third-order valence-electron chi connectivity index (χ3n) is 3.20. The van der Waals surface area contributed by atoms with Gasteiger partial charge in [0, 0.05) is 12.1 Å². The Kier molecular flexibility index (Phi) is 3.92. The summed E-state index contributed by atoms with van der Waals surface area (Å²) in [6, 6.07) is 5.33. The van der Waals surface area contributed by atoms with Crippen LogP contribution in [0.1, 0.15) is 23.7 Å². The average molecular weight is 313 g/mol. The van der Waals surface area contributed by atoms with Gasteiger partial charge in [0.15, 0.2) is 0 Å². The molecule has 2 rings (SSSR count). The minimum Gasteiger partial charge on any atom is -0.496 e. The van der Waals surface area contributed by atoms with Crippen molar-refractivity contribution in [1.82, 2.24) is 10.6 Å². The molecule has 1 aromatic carbocycles. The van der Waals surface area contributed by atoms with Gasteiger partial charge in [-0.25, -0.2) is 0 Å². The zero-order chi connectivity index (χ0) is 13.2. The Bertz CT molecular complexity index is 456. The lowest BCUT2D eigenvalue weighted by Crippen LogP contribution is -2.47. The van der Waals surface area contributed by atoms with E-state index in [1.165, 1.54) is 0 Å². The molecule has 1 saturated heterocycles. The van der Waals surface area contributed by atoms with Gasteiger partial charge in [0.2, 0.25) is 0 Å². The first-order chi connectivity index (χ1) is 8.54. The monoisotopic (exact) mass is 312 g/mol. The molecule has 0 radical (unpaired) electrons. The van der Waals surface area contributed by atoms with Gasteiger partial charge in [-0.15, -0.1) is 0 Å². The molecule has 98 valence electrons. The molecular formula is C13H17BrN2O2. The van der Waals surface area contributed by atoms with Gasteiger partial charge in [-0.3, -0.25) is 4.79 Å². The van der Waals surface area contributed by atoms with Gasteiger partial charge in [-0.05, 0) is 54.0 Å². The molecule has 4 nitrogen and oxygen atoms in total. The third-order valence-corrected chi connectivity index (χ3v) is 3.82. The van der Waals surface area contributed by atoms with Crippen LogP contribution in [0.3, 0.4) is 0 Å². The summed E-state index contributed by atoms with van der Waals surface area (Å²) in [7, 11) is 1.60. The van der Waals surface area contributed by atoms with E-state index in [1.54, 1.807) is 25.3 Å². The molecule has 0 bridgehead atoms. The molecule has 1 heterocycles. The molecule has 2 N–H and O–H groups in total. The van der Waals surface area contributed by atoms with Crippen molar-refractivity contribution in [3.63, 3.8) is 0 Å². The van der Waals surface area contributed by atoms with Crippen molar-refractivity contribution >= 4 is 21.8 Å². The van der Waals surface area contributed by atoms with Crippen LogP contribution in [-0.2, 0) is 0 Å². The van der Waals surface area contributed by atoms with Gasteiger partial charge in [0.25, 0.3) is 5.91 Å². The summed E-state index contributed by atoms with van der Waals surface area (Å²) < 4.78 is 5.93. The Morgan fingerprint density at radius 2 is 2.33 bits per heavy atom. The van der Waals surface area contributed by atoms with Crippen LogP contribution in [0.2, 0.25) is 0 Å². The van der Waals surface area contributed by atoms with E-state index in [1.807, 2.05) is 0 Å². The highest BCUT2D eigenvalue weighted by Crippen LogP contribution is 2.26. The van der Waals surface area contributed by atoms with Crippen molar-refractivity contribution in [2.24, 2.45) is 0 Å². The molecule has 1 unspecified atom stereocenters. The Balaban J connectivity index is 2.11. The predicted octanol–water partition coefficient (Wildman–Crippen LogP) is 1.94. The van der Waals surface area contributed by atoms with Crippen LogP contribution in [-0.4, -0.2) is 31.6 Å². The van der Waals surface area contributed by atoms with Crippen molar-refractivity contribution in [3.05, 3.63) is 28.2 Å². The molecule has 18 heavy (non-hydrogen) atoms. The standard InChI is InChI=1S/C13H17BrN2O2/c1-13(5-6-15-8-13)16-12(17)9-3-4-11(18-2)10(14)7-9/h3-4,7,15H,5-6,8H2,1-2H3,(H,16,17). The number of carbonyl (C=O) groups excluding carboxylic acids is 1. The third kappa shape index (κ3) is 2.84. The quantitative estimate of drug-likeness (QED) is 0.897. The summed E-state index contributed by atoms with van der Waals surface area (Å²) in [4.78, 5) is 12.2. The molecule has 1 aliphatic rings. The summed E-state index contributed by atoms with van der Waals surface area (Å²) in [5, 5.41) is 6.33. The van der Waals surface area contributed by atoms with E-state index >= 15 is 0 Å². The molecule has 1 aliphatic heterocycles. The first-order valence-electron chi connectivity index (χ1n) is 5.91. The van der Waals surface area contributed by atoms with E-state index in [2.05, 4.69) is 33.5 Å². The average Bonchev–Trinajstić information content (AvgIpc) is 2.75. The van der Waals surface area contributed by atoms with Crippen molar-refractivity contribution in [2.75, 3.05) is 20.2 Å². The molecule has 1 fully saturated rings. The minimum atomic E-state index is -0.149. The van der Waals surface area contributed by atoms with Crippen molar-refractivity contribution < 1.29 is 9.53 Å². The lowest BCUT2D eigenvalue weighted by atomic mass is 10.0. The van der Waals surface area contributed by atoms with Crippen molar-refractivity contribution in [2.45, 2.75) is 18.9 Å². The normalized spacial score (nSPS) is 22.8. The van der Waals surface area contributed by atoms with E-state index < -0.39 is 0 Å². The Morgan fingerprint density at radius 3 is 2.89 bits per heavy atom. The van der Waals surface area contributed by atoms with Gasteiger partial charge < -0.3 is 15.4 Å². The minimum absolute atomic E-state index is 0.0513. The molecule has 0 spiro atoms. The maximum Gasteiger partial charge on any atom is 0.251 e. The zero-order valence-electron chi connectivity index (χ0n) is 10.5. The molecule has 5 heteroatoms. The molecule has 1 aromatic rings. The lowest BCUT2D eigenvalue weighted by Gasteiger charge is -2.24. The van der Waals surface area contributed by atoms with Crippen LogP contribution in [0.4, 0.5) is 0 Å². The van der Waals surface area contributed by atoms with Gasteiger partial charge in [0.05, 0.1) is 17.1 Å². The first kappa shape index (κ1) is 13.4. The maximum atomic E-state index is 12.2. The molecular weight excluding hydrogens is 296 g/mol. The van der Waals surface area contributed by atoms with E-state index in [0.29, 0.717) is 5.56 Å². The van der Waals surface area contributed by atoms with Crippen LogP contribution >= 0.6 is 15.9 Å². The number of carbonyl (C=O) groups is 1. The molecule has 1 atom stereocenters. The SMILES string of the molecule is COc1ccc(C(=O)NC2(C)CCNC2)cc1Br. The number of amides is 1. The number of hydrogen-bond acceptors (Lipinski definition) is 3. The smallest absolute Gasteiger partial charge is 0.251 e. The molecule has 1 amide bonds. The molecule has 0 aromatic heterocycles. The van der Waals surface area contributed by atoms with E-state index in [0.717, 1.165) is 29.7 Å². The van der Waals surface area contributed by atoms with Gasteiger partial charge >= 0.3 is 0 Å². The number of methoxy groups -OCH3 is 1. The lowest BCUT2D eigenvalue weighted by molar-refractivity contribution is 0.0913. The van der Waals surface area contributed by atoms with E-state index in [4.69, 9.17) is 4.74 Å². The largest absolute Gasteiger partial charge is 0.496 e. The fraction of sp³-hybridized carbons (Fsp3) is 0.462. The summed E-state index contributed by atoms with van der Waals surface area (Å²) in [5.74, 6) is 0.671. The second-order valence-corrected chi connectivity index (χ2v) is 5.65. The molecule has 0 saturated carbocycles. The van der Waals surface area contributed by atoms with Crippen LogP contribution in [0.15, 0.2) is 22.7 Å². The number of nitrogens with one attached hydrogen (secondary N) is 2. The summed E-state index contributed by atoms with van der Waals surface area (Å²) >= 11 is 3.38. The Labute approximate surface area is 115 Å². The first-order valence-corrected chi connectivity index (χ1v) is 6.70. The zero-order valence-corrected chi connectivity index (χ0v) is 12.1. The van der Waals surface area contributed by atoms with Crippen LogP contribution in [0, 0.1) is 0 Å². The second kappa shape index (κ2) is 5.28. The van der Waals surface area contributed by atoms with Gasteiger partial charge in [-0.2, -0.15) is 0 Å². The highest BCUT2D eigenvalue weighted by molar-refractivity contribution is 9.10. The summed E-state index contributed by atoms with van der Waals surface area (Å²) in [6.07, 6.45) is 0.954. The number of hydrogen-bond donors (Lipinski definition) is 2. The molecule has 0 aliphatic carbocycles. The fourth-order valence-corrected chi connectivity index (χ4v) is 2.62. The summed E-state index contributed by atoms with van der Waals surface area (Å²) in [5.41, 5.74) is 0.486.